The fourth-order valence-electron chi connectivity index (χ4n) is 3.37. The zero-order valence-electron chi connectivity index (χ0n) is 17.5. The number of nitrogens with zero attached hydrogens (tertiary/aromatic N) is 2. The Bertz CT molecular complexity index is 592. The molecule has 2 heterocycles. The molecule has 150 valence electrons. The summed E-state index contributed by atoms with van der Waals surface area (Å²) in [5.74, 6) is 1.87. The van der Waals surface area contributed by atoms with Crippen LogP contribution >= 0.6 is 12.4 Å². The topological polar surface area (TPSA) is 59.0 Å². The first-order chi connectivity index (χ1) is 11.5. The molecular formula is C20H37ClN4O. The summed E-state index contributed by atoms with van der Waals surface area (Å²) in [5.41, 5.74) is 0.782. The number of piperidine rings is 1. The van der Waals surface area contributed by atoms with Crippen LogP contribution in [0.3, 0.4) is 0 Å². The summed E-state index contributed by atoms with van der Waals surface area (Å²) in [5, 5.41) is 11.3. The van der Waals surface area contributed by atoms with Crippen molar-refractivity contribution in [3.63, 3.8) is 0 Å². The lowest BCUT2D eigenvalue weighted by Gasteiger charge is -2.28. The van der Waals surface area contributed by atoms with Crippen molar-refractivity contribution < 1.29 is 4.79 Å². The van der Waals surface area contributed by atoms with E-state index in [1.165, 1.54) is 12.8 Å². The third-order valence-corrected chi connectivity index (χ3v) is 5.03. The van der Waals surface area contributed by atoms with Crippen LogP contribution in [0.1, 0.15) is 73.4 Å². The van der Waals surface area contributed by atoms with Gasteiger partial charge in [-0.05, 0) is 58.5 Å². The van der Waals surface area contributed by atoms with Crippen LogP contribution in [0.25, 0.3) is 0 Å². The van der Waals surface area contributed by atoms with Crippen molar-refractivity contribution in [2.24, 2.45) is 11.8 Å². The molecule has 0 aliphatic carbocycles. The van der Waals surface area contributed by atoms with Crippen LogP contribution in [0, 0.1) is 11.8 Å². The van der Waals surface area contributed by atoms with Gasteiger partial charge in [0.2, 0.25) is 5.91 Å². The van der Waals surface area contributed by atoms with Gasteiger partial charge in [0.15, 0.2) is 0 Å². The third kappa shape index (κ3) is 5.98. The lowest BCUT2D eigenvalue weighted by Crippen LogP contribution is -2.34. The molecule has 0 saturated carbocycles. The van der Waals surface area contributed by atoms with Gasteiger partial charge in [-0.15, -0.1) is 12.4 Å². The van der Waals surface area contributed by atoms with Gasteiger partial charge in [0.05, 0.1) is 11.2 Å². The molecule has 0 aromatic carbocycles. The molecular weight excluding hydrogens is 348 g/mol. The molecule has 0 spiro atoms. The van der Waals surface area contributed by atoms with Crippen LogP contribution in [0.2, 0.25) is 0 Å². The Labute approximate surface area is 165 Å². The summed E-state index contributed by atoms with van der Waals surface area (Å²) in [6, 6.07) is 2.02. The van der Waals surface area contributed by atoms with Gasteiger partial charge in [-0.3, -0.25) is 4.79 Å². The second kappa shape index (κ2) is 8.75. The molecule has 1 amide bonds. The van der Waals surface area contributed by atoms with E-state index in [-0.39, 0.29) is 29.3 Å². The molecule has 1 fully saturated rings. The number of nitrogens with one attached hydrogen (secondary N) is 2. The lowest BCUT2D eigenvalue weighted by atomic mass is 9.85. The van der Waals surface area contributed by atoms with Gasteiger partial charge in [-0.2, -0.15) is 5.10 Å². The Morgan fingerprint density at radius 2 is 2.00 bits per heavy atom. The highest BCUT2D eigenvalue weighted by molar-refractivity contribution is 5.90. The van der Waals surface area contributed by atoms with Crippen LogP contribution in [0.15, 0.2) is 6.07 Å². The molecule has 1 aromatic heterocycles. The number of amides is 1. The summed E-state index contributed by atoms with van der Waals surface area (Å²) in [6.07, 6.45) is 2.99. The third-order valence-electron chi connectivity index (χ3n) is 5.03. The Morgan fingerprint density at radius 3 is 2.50 bits per heavy atom. The van der Waals surface area contributed by atoms with Crippen molar-refractivity contribution in [1.29, 1.82) is 0 Å². The smallest absolute Gasteiger partial charge is 0.225 e. The van der Waals surface area contributed by atoms with Crippen LogP contribution < -0.4 is 10.6 Å². The number of rotatable bonds is 4. The first-order valence-electron chi connectivity index (χ1n) is 9.60. The number of hydrogen-bond acceptors (Lipinski definition) is 3. The van der Waals surface area contributed by atoms with Gasteiger partial charge in [-0.1, -0.05) is 27.7 Å². The van der Waals surface area contributed by atoms with E-state index < -0.39 is 0 Å². The van der Waals surface area contributed by atoms with Gasteiger partial charge in [0.1, 0.15) is 5.82 Å². The predicted molar refractivity (Wildman–Crippen MR) is 111 cm³/mol. The molecule has 0 bridgehead atoms. The quantitative estimate of drug-likeness (QED) is 0.812. The SMILES string of the molecule is CC(CC(=O)Nc1cc(C(C)(C)C)nn1C(C)(C)C)C1CCCNC1.Cl. The summed E-state index contributed by atoms with van der Waals surface area (Å²) in [6.45, 7) is 17.1. The van der Waals surface area contributed by atoms with E-state index in [0.29, 0.717) is 18.3 Å². The van der Waals surface area contributed by atoms with E-state index in [1.807, 2.05) is 10.7 Å². The van der Waals surface area contributed by atoms with Crippen LogP contribution in [0.5, 0.6) is 0 Å². The molecule has 1 aliphatic heterocycles. The first-order valence-corrected chi connectivity index (χ1v) is 9.60. The lowest BCUT2D eigenvalue weighted by molar-refractivity contribution is -0.117. The molecule has 2 unspecified atom stereocenters. The molecule has 1 saturated heterocycles. The zero-order valence-corrected chi connectivity index (χ0v) is 18.3. The van der Waals surface area contributed by atoms with E-state index in [2.05, 4.69) is 59.1 Å². The average Bonchev–Trinajstić information content (AvgIpc) is 2.92. The molecule has 1 aliphatic rings. The number of hydrogen-bond donors (Lipinski definition) is 2. The molecule has 6 heteroatoms. The highest BCUT2D eigenvalue weighted by Gasteiger charge is 2.27. The Kier molecular flexibility index (Phi) is 7.73. The fourth-order valence-corrected chi connectivity index (χ4v) is 3.37. The van der Waals surface area contributed by atoms with Gasteiger partial charge in [-0.25, -0.2) is 4.68 Å². The van der Waals surface area contributed by atoms with Crippen molar-refractivity contribution in [3.05, 3.63) is 11.8 Å². The van der Waals surface area contributed by atoms with E-state index in [0.717, 1.165) is 24.6 Å². The van der Waals surface area contributed by atoms with Gasteiger partial charge < -0.3 is 10.6 Å². The predicted octanol–water partition coefficient (Wildman–Crippen LogP) is 4.32. The monoisotopic (exact) mass is 384 g/mol. The van der Waals surface area contributed by atoms with Crippen molar-refractivity contribution in [2.75, 3.05) is 18.4 Å². The maximum absolute atomic E-state index is 12.6. The van der Waals surface area contributed by atoms with Crippen molar-refractivity contribution in [2.45, 2.75) is 78.7 Å². The number of halogens is 1. The normalized spacial score (nSPS) is 19.6. The van der Waals surface area contributed by atoms with Crippen molar-refractivity contribution >= 4 is 24.1 Å². The van der Waals surface area contributed by atoms with E-state index >= 15 is 0 Å². The fraction of sp³-hybridized carbons (Fsp3) is 0.800. The standard InChI is InChI=1S/C20H36N4O.ClH/c1-14(15-9-8-10-21-13-15)11-18(25)22-17-12-16(19(2,3)4)23-24(17)20(5,6)7;/h12,14-15,21H,8-11,13H2,1-7H3,(H,22,25);1H. The zero-order chi connectivity index (χ0) is 18.8. The summed E-state index contributed by atoms with van der Waals surface area (Å²) in [7, 11) is 0. The second-order valence-corrected chi connectivity index (χ2v) is 9.58. The van der Waals surface area contributed by atoms with Gasteiger partial charge >= 0.3 is 0 Å². The molecule has 26 heavy (non-hydrogen) atoms. The summed E-state index contributed by atoms with van der Waals surface area (Å²) in [4.78, 5) is 12.6. The number of aromatic nitrogens is 2. The maximum atomic E-state index is 12.6. The van der Waals surface area contributed by atoms with E-state index in [1.54, 1.807) is 0 Å². The first kappa shape index (κ1) is 23.0. The summed E-state index contributed by atoms with van der Waals surface area (Å²) < 4.78 is 1.94. The highest BCUT2D eigenvalue weighted by Crippen LogP contribution is 2.29. The van der Waals surface area contributed by atoms with Crippen LogP contribution in [-0.4, -0.2) is 28.8 Å². The highest BCUT2D eigenvalue weighted by atomic mass is 35.5. The Balaban J connectivity index is 0.00000338. The largest absolute Gasteiger partial charge is 0.316 e. The van der Waals surface area contributed by atoms with Crippen LogP contribution in [-0.2, 0) is 15.7 Å². The van der Waals surface area contributed by atoms with Gasteiger partial charge in [0.25, 0.3) is 0 Å². The van der Waals surface area contributed by atoms with E-state index in [4.69, 9.17) is 5.10 Å². The average molecular weight is 385 g/mol. The molecule has 5 nitrogen and oxygen atoms in total. The molecule has 0 radical (unpaired) electrons. The minimum atomic E-state index is -0.176. The number of carbonyl (C=O) groups is 1. The van der Waals surface area contributed by atoms with E-state index in [9.17, 15) is 4.79 Å². The second-order valence-electron chi connectivity index (χ2n) is 9.58. The molecule has 1 aromatic rings. The van der Waals surface area contributed by atoms with Crippen LogP contribution in [0.4, 0.5) is 5.82 Å². The minimum absolute atomic E-state index is 0. The van der Waals surface area contributed by atoms with Crippen molar-refractivity contribution in [3.8, 4) is 0 Å². The summed E-state index contributed by atoms with van der Waals surface area (Å²) >= 11 is 0. The Morgan fingerprint density at radius 1 is 1.35 bits per heavy atom. The minimum Gasteiger partial charge on any atom is -0.316 e. The maximum Gasteiger partial charge on any atom is 0.225 e. The molecule has 2 N–H and O–H groups in total. The number of anilines is 1. The van der Waals surface area contributed by atoms with Gasteiger partial charge in [0, 0.05) is 17.9 Å². The number of carbonyl (C=O) groups excluding carboxylic acids is 1. The Hall–Kier alpha value is -1.07. The molecule has 2 rings (SSSR count). The van der Waals surface area contributed by atoms with Crippen molar-refractivity contribution in [1.82, 2.24) is 15.1 Å². The molecule has 2 atom stereocenters.